The minimum Gasteiger partial charge on any atom is -0.397 e. The van der Waals surface area contributed by atoms with E-state index in [1.54, 1.807) is 18.2 Å². The van der Waals surface area contributed by atoms with Gasteiger partial charge in [0.15, 0.2) is 0 Å². The van der Waals surface area contributed by atoms with Crippen molar-refractivity contribution in [1.29, 1.82) is 0 Å². The Morgan fingerprint density at radius 3 is 2.89 bits per heavy atom. The Labute approximate surface area is 114 Å². The summed E-state index contributed by atoms with van der Waals surface area (Å²) in [6.45, 7) is -0.494. The van der Waals surface area contributed by atoms with Crippen LogP contribution in [0.3, 0.4) is 0 Å². The maximum Gasteiger partial charge on any atom is 0.261 e. The molecule has 1 aromatic carbocycles. The van der Waals surface area contributed by atoms with Gasteiger partial charge in [0.2, 0.25) is 5.91 Å². The second-order valence-electron chi connectivity index (χ2n) is 3.85. The highest BCUT2D eigenvalue weighted by molar-refractivity contribution is 6.31. The third-order valence-electron chi connectivity index (χ3n) is 2.23. The van der Waals surface area contributed by atoms with Crippen molar-refractivity contribution in [3.05, 3.63) is 23.2 Å². The van der Waals surface area contributed by atoms with E-state index in [9.17, 15) is 13.6 Å². The van der Waals surface area contributed by atoms with Crippen LogP contribution < -0.4 is 11.1 Å². The average molecular weight is 293 g/mol. The number of nitrogens with two attached hydrogens (primary N) is 1. The zero-order chi connectivity index (χ0) is 14.3. The molecule has 0 heterocycles. The number of hydrogen-bond acceptors (Lipinski definition) is 3. The van der Waals surface area contributed by atoms with E-state index < -0.39 is 13.0 Å². The lowest BCUT2D eigenvalue weighted by Gasteiger charge is -2.08. The van der Waals surface area contributed by atoms with Crippen LogP contribution in [-0.2, 0) is 9.53 Å². The van der Waals surface area contributed by atoms with E-state index in [0.717, 1.165) is 0 Å². The number of carbonyl (C=O) groups excluding carboxylic acids is 1. The van der Waals surface area contributed by atoms with Gasteiger partial charge < -0.3 is 15.8 Å². The smallest absolute Gasteiger partial charge is 0.261 e. The molecule has 0 saturated carbocycles. The van der Waals surface area contributed by atoms with Gasteiger partial charge in [-0.05, 0) is 24.6 Å². The SMILES string of the molecule is Nc1ccc(Cl)cc1NC(=O)CCCOCC(F)F. The molecular weight excluding hydrogens is 278 g/mol. The summed E-state index contributed by atoms with van der Waals surface area (Å²) in [7, 11) is 0. The third kappa shape index (κ3) is 6.35. The number of anilines is 2. The van der Waals surface area contributed by atoms with Gasteiger partial charge in [-0.25, -0.2) is 8.78 Å². The van der Waals surface area contributed by atoms with E-state index in [0.29, 0.717) is 22.8 Å². The van der Waals surface area contributed by atoms with Crippen LogP contribution in [-0.4, -0.2) is 25.5 Å². The van der Waals surface area contributed by atoms with E-state index in [1.165, 1.54) is 0 Å². The number of alkyl halides is 2. The number of hydrogen-bond donors (Lipinski definition) is 2. The molecule has 0 fully saturated rings. The molecule has 3 N–H and O–H groups in total. The number of amides is 1. The molecule has 0 aromatic heterocycles. The summed E-state index contributed by atoms with van der Waals surface area (Å²) in [5.41, 5.74) is 6.51. The number of halogens is 3. The fraction of sp³-hybridized carbons (Fsp3) is 0.417. The molecule has 0 unspecified atom stereocenters. The minimum absolute atomic E-state index is 0.114. The summed E-state index contributed by atoms with van der Waals surface area (Å²) in [5.74, 6) is -0.269. The van der Waals surface area contributed by atoms with Crippen molar-refractivity contribution in [2.24, 2.45) is 0 Å². The first-order chi connectivity index (χ1) is 8.99. The summed E-state index contributed by atoms with van der Waals surface area (Å²) in [6, 6.07) is 4.75. The minimum atomic E-state index is -2.49. The molecule has 0 atom stereocenters. The van der Waals surface area contributed by atoms with E-state index in [2.05, 4.69) is 10.1 Å². The summed E-state index contributed by atoms with van der Waals surface area (Å²) in [6.07, 6.45) is -1.96. The van der Waals surface area contributed by atoms with E-state index in [1.807, 2.05) is 0 Å². The molecule has 0 aliphatic carbocycles. The molecule has 19 heavy (non-hydrogen) atoms. The molecule has 1 rings (SSSR count). The van der Waals surface area contributed by atoms with Crippen molar-refractivity contribution in [2.75, 3.05) is 24.3 Å². The van der Waals surface area contributed by atoms with Gasteiger partial charge in [-0.2, -0.15) is 0 Å². The monoisotopic (exact) mass is 292 g/mol. The second kappa shape index (κ2) is 7.91. The Balaban J connectivity index is 2.29. The molecule has 1 amide bonds. The Morgan fingerprint density at radius 1 is 1.47 bits per heavy atom. The van der Waals surface area contributed by atoms with Crippen molar-refractivity contribution in [3.8, 4) is 0 Å². The lowest BCUT2D eigenvalue weighted by atomic mass is 10.2. The Morgan fingerprint density at radius 2 is 2.21 bits per heavy atom. The Bertz CT molecular complexity index is 430. The maximum atomic E-state index is 11.8. The summed E-state index contributed by atoms with van der Waals surface area (Å²) < 4.78 is 28.2. The van der Waals surface area contributed by atoms with Gasteiger partial charge in [-0.15, -0.1) is 0 Å². The topological polar surface area (TPSA) is 64.3 Å². The van der Waals surface area contributed by atoms with Crippen LogP contribution in [0.25, 0.3) is 0 Å². The molecule has 1 aromatic rings. The Kier molecular flexibility index (Phi) is 6.52. The third-order valence-corrected chi connectivity index (χ3v) is 2.46. The molecular formula is C12H15ClF2N2O2. The number of nitrogens with one attached hydrogen (secondary N) is 1. The molecule has 7 heteroatoms. The highest BCUT2D eigenvalue weighted by Gasteiger charge is 2.07. The van der Waals surface area contributed by atoms with Crippen molar-refractivity contribution < 1.29 is 18.3 Å². The van der Waals surface area contributed by atoms with Crippen LogP contribution in [0.5, 0.6) is 0 Å². The molecule has 0 saturated heterocycles. The normalized spacial score (nSPS) is 10.7. The Hall–Kier alpha value is -1.40. The second-order valence-corrected chi connectivity index (χ2v) is 4.29. The zero-order valence-electron chi connectivity index (χ0n) is 10.2. The molecule has 0 spiro atoms. The van der Waals surface area contributed by atoms with Gasteiger partial charge in [0.05, 0.1) is 11.4 Å². The number of carbonyl (C=O) groups is 1. The molecule has 0 aliphatic heterocycles. The van der Waals surface area contributed by atoms with Crippen LogP contribution in [0.2, 0.25) is 5.02 Å². The van der Waals surface area contributed by atoms with Crippen LogP contribution in [0.1, 0.15) is 12.8 Å². The van der Waals surface area contributed by atoms with Crippen molar-refractivity contribution in [3.63, 3.8) is 0 Å². The van der Waals surface area contributed by atoms with Gasteiger partial charge in [0, 0.05) is 18.1 Å². The number of benzene rings is 1. The highest BCUT2D eigenvalue weighted by atomic mass is 35.5. The van der Waals surface area contributed by atoms with Crippen molar-refractivity contribution >= 4 is 28.9 Å². The van der Waals surface area contributed by atoms with Crippen LogP contribution >= 0.6 is 11.6 Å². The van der Waals surface area contributed by atoms with Gasteiger partial charge >= 0.3 is 0 Å². The maximum absolute atomic E-state index is 11.8. The first-order valence-electron chi connectivity index (χ1n) is 5.70. The first kappa shape index (κ1) is 15.7. The fourth-order valence-electron chi connectivity index (χ4n) is 1.36. The first-order valence-corrected chi connectivity index (χ1v) is 6.07. The van der Waals surface area contributed by atoms with E-state index in [-0.39, 0.29) is 18.9 Å². The van der Waals surface area contributed by atoms with Crippen LogP contribution in [0.15, 0.2) is 18.2 Å². The van der Waals surface area contributed by atoms with E-state index in [4.69, 9.17) is 17.3 Å². The largest absolute Gasteiger partial charge is 0.397 e. The summed E-state index contributed by atoms with van der Waals surface area (Å²) >= 11 is 5.78. The number of nitrogen functional groups attached to an aromatic ring is 1. The van der Waals surface area contributed by atoms with Crippen molar-refractivity contribution in [2.45, 2.75) is 19.3 Å². The standard InChI is InChI=1S/C12H15ClF2N2O2/c13-8-3-4-9(16)10(6-8)17-12(18)2-1-5-19-7-11(14)15/h3-4,6,11H,1-2,5,7,16H2,(H,17,18). The van der Waals surface area contributed by atoms with Gasteiger partial charge in [0.25, 0.3) is 6.43 Å². The molecule has 0 radical (unpaired) electrons. The van der Waals surface area contributed by atoms with Gasteiger partial charge in [-0.3, -0.25) is 4.79 Å². The van der Waals surface area contributed by atoms with Crippen molar-refractivity contribution in [1.82, 2.24) is 0 Å². The number of rotatable bonds is 7. The van der Waals surface area contributed by atoms with Crippen LogP contribution in [0, 0.1) is 0 Å². The van der Waals surface area contributed by atoms with E-state index >= 15 is 0 Å². The quantitative estimate of drug-likeness (QED) is 0.600. The zero-order valence-corrected chi connectivity index (χ0v) is 10.9. The predicted octanol–water partition coefficient (Wildman–Crippen LogP) is 2.92. The molecule has 4 nitrogen and oxygen atoms in total. The summed E-state index contributed by atoms with van der Waals surface area (Å²) in [5, 5.41) is 3.06. The van der Waals surface area contributed by atoms with Crippen LogP contribution in [0.4, 0.5) is 20.2 Å². The van der Waals surface area contributed by atoms with Gasteiger partial charge in [-0.1, -0.05) is 11.6 Å². The predicted molar refractivity (Wildman–Crippen MR) is 70.6 cm³/mol. The number of ether oxygens (including phenoxy) is 1. The van der Waals surface area contributed by atoms with Gasteiger partial charge in [0.1, 0.15) is 6.61 Å². The average Bonchev–Trinajstić information content (AvgIpc) is 2.33. The molecule has 0 aliphatic rings. The fourth-order valence-corrected chi connectivity index (χ4v) is 1.53. The molecule has 0 bridgehead atoms. The molecule has 106 valence electrons. The summed E-state index contributed by atoms with van der Waals surface area (Å²) in [4.78, 5) is 11.6. The highest BCUT2D eigenvalue weighted by Crippen LogP contribution is 2.23. The lowest BCUT2D eigenvalue weighted by molar-refractivity contribution is -0.116. The lowest BCUT2D eigenvalue weighted by Crippen LogP contribution is -2.14.